The van der Waals surface area contributed by atoms with Crippen LogP contribution in [0, 0.1) is 5.92 Å². The first-order valence-electron chi connectivity index (χ1n) is 8.81. The van der Waals surface area contributed by atoms with E-state index in [0.29, 0.717) is 5.92 Å². The third-order valence-corrected chi connectivity index (χ3v) is 5.49. The van der Waals surface area contributed by atoms with Crippen molar-refractivity contribution in [3.8, 4) is 11.3 Å². The maximum absolute atomic E-state index is 12.0. The van der Waals surface area contributed by atoms with Crippen LogP contribution >= 0.6 is 11.3 Å². The molecule has 0 aliphatic carbocycles. The fraction of sp³-hybridized carbons (Fsp3) is 0.316. The highest BCUT2D eigenvalue weighted by atomic mass is 32.1. The molecule has 1 saturated heterocycles. The average molecular weight is 367 g/mol. The molecular weight excluding hydrogens is 346 g/mol. The maximum Gasteiger partial charge on any atom is 0.252 e. The predicted molar refractivity (Wildman–Crippen MR) is 103 cm³/mol. The lowest BCUT2D eigenvalue weighted by Crippen LogP contribution is -2.38. The molecule has 26 heavy (non-hydrogen) atoms. The largest absolute Gasteiger partial charge is 0.355 e. The minimum atomic E-state index is 0.0297. The zero-order valence-corrected chi connectivity index (χ0v) is 15.2. The van der Waals surface area contributed by atoms with Crippen molar-refractivity contribution in [1.29, 1.82) is 0 Å². The first-order chi connectivity index (χ1) is 12.8. The number of rotatable bonds is 5. The van der Waals surface area contributed by atoms with Gasteiger partial charge in [0.1, 0.15) is 0 Å². The topological polar surface area (TPSA) is 73.9 Å². The molecule has 0 bridgehead atoms. The summed E-state index contributed by atoms with van der Waals surface area (Å²) in [5, 5.41) is 14.4. The molecule has 1 aliphatic heterocycles. The molecule has 3 aromatic heterocycles. The highest BCUT2D eigenvalue weighted by molar-refractivity contribution is 7.08. The summed E-state index contributed by atoms with van der Waals surface area (Å²) in [4.78, 5) is 18.5. The Morgan fingerprint density at radius 1 is 1.35 bits per heavy atom. The van der Waals surface area contributed by atoms with Gasteiger partial charge < -0.3 is 10.2 Å². The Hall–Kier alpha value is -2.67. The fourth-order valence-electron chi connectivity index (χ4n) is 3.24. The van der Waals surface area contributed by atoms with Crippen LogP contribution in [0.15, 0.2) is 47.4 Å². The number of hydrogen-bond acceptors (Lipinski definition) is 5. The number of aromatic amines is 1. The second-order valence-corrected chi connectivity index (χ2v) is 7.31. The smallest absolute Gasteiger partial charge is 0.252 e. The Morgan fingerprint density at radius 2 is 2.23 bits per heavy atom. The average Bonchev–Trinajstić information content (AvgIpc) is 3.39. The van der Waals surface area contributed by atoms with E-state index in [4.69, 9.17) is 0 Å². The van der Waals surface area contributed by atoms with Crippen LogP contribution in [0.5, 0.6) is 0 Å². The van der Waals surface area contributed by atoms with Crippen molar-refractivity contribution >= 4 is 23.1 Å². The van der Waals surface area contributed by atoms with Gasteiger partial charge in [0.15, 0.2) is 5.82 Å². The van der Waals surface area contributed by atoms with Gasteiger partial charge in [0, 0.05) is 54.6 Å². The molecule has 1 fully saturated rings. The number of nitrogens with zero attached hydrogens (tertiary/aromatic N) is 3. The zero-order chi connectivity index (χ0) is 17.8. The van der Waals surface area contributed by atoms with E-state index in [1.165, 1.54) is 0 Å². The summed E-state index contributed by atoms with van der Waals surface area (Å²) in [6, 6.07) is 7.88. The summed E-state index contributed by atoms with van der Waals surface area (Å²) < 4.78 is 0. The molecule has 4 heterocycles. The van der Waals surface area contributed by atoms with E-state index < -0.39 is 0 Å². The Labute approximate surface area is 156 Å². The van der Waals surface area contributed by atoms with Gasteiger partial charge in [-0.05, 0) is 42.3 Å². The summed E-state index contributed by atoms with van der Waals surface area (Å²) in [6.45, 7) is 2.65. The van der Waals surface area contributed by atoms with Crippen LogP contribution in [-0.4, -0.2) is 40.7 Å². The van der Waals surface area contributed by atoms with Gasteiger partial charge in [-0.2, -0.15) is 16.4 Å². The third-order valence-electron chi connectivity index (χ3n) is 4.81. The molecule has 4 rings (SSSR count). The van der Waals surface area contributed by atoms with Crippen molar-refractivity contribution in [3.05, 3.63) is 53.0 Å². The molecule has 0 aromatic carbocycles. The summed E-state index contributed by atoms with van der Waals surface area (Å²) >= 11 is 1.55. The molecule has 0 saturated carbocycles. The number of thiophene rings is 1. The molecular formula is C19H21N5OS. The zero-order valence-electron chi connectivity index (χ0n) is 14.4. The van der Waals surface area contributed by atoms with Crippen LogP contribution < -0.4 is 10.2 Å². The minimum Gasteiger partial charge on any atom is -0.355 e. The molecule has 134 valence electrons. The molecule has 0 radical (unpaired) electrons. The monoisotopic (exact) mass is 367 g/mol. The molecule has 1 aliphatic rings. The SMILES string of the molecule is O=C(NCC1CCN(c2cc(-c3cccnc3)[nH]n2)CC1)c1ccsc1. The van der Waals surface area contributed by atoms with E-state index in [1.54, 1.807) is 17.5 Å². The van der Waals surface area contributed by atoms with Crippen LogP contribution in [0.1, 0.15) is 23.2 Å². The Kier molecular flexibility index (Phi) is 4.97. The molecule has 3 aromatic rings. The Bertz CT molecular complexity index is 838. The predicted octanol–water partition coefficient (Wildman–Crippen LogP) is 3.18. The van der Waals surface area contributed by atoms with Gasteiger partial charge in [0.05, 0.1) is 5.69 Å². The maximum atomic E-state index is 12.0. The molecule has 0 spiro atoms. The van der Waals surface area contributed by atoms with E-state index >= 15 is 0 Å². The number of H-pyrrole nitrogens is 1. The highest BCUT2D eigenvalue weighted by Gasteiger charge is 2.22. The number of amides is 1. The summed E-state index contributed by atoms with van der Waals surface area (Å²) in [5.41, 5.74) is 2.78. The molecule has 7 heteroatoms. The van der Waals surface area contributed by atoms with Gasteiger partial charge in [0.25, 0.3) is 5.91 Å². The normalized spacial score (nSPS) is 15.2. The van der Waals surface area contributed by atoms with Gasteiger partial charge in [-0.15, -0.1) is 0 Å². The quantitative estimate of drug-likeness (QED) is 0.726. The fourth-order valence-corrected chi connectivity index (χ4v) is 3.88. The minimum absolute atomic E-state index is 0.0297. The molecule has 6 nitrogen and oxygen atoms in total. The van der Waals surface area contributed by atoms with Crippen molar-refractivity contribution in [2.45, 2.75) is 12.8 Å². The number of nitrogens with one attached hydrogen (secondary N) is 2. The Morgan fingerprint density at radius 3 is 2.96 bits per heavy atom. The summed E-state index contributed by atoms with van der Waals surface area (Å²) in [5.74, 6) is 1.53. The highest BCUT2D eigenvalue weighted by Crippen LogP contribution is 2.25. The van der Waals surface area contributed by atoms with Gasteiger partial charge >= 0.3 is 0 Å². The number of aromatic nitrogens is 3. The van der Waals surface area contributed by atoms with Gasteiger partial charge in [-0.1, -0.05) is 0 Å². The first-order valence-corrected chi connectivity index (χ1v) is 9.75. The van der Waals surface area contributed by atoms with E-state index in [1.807, 2.05) is 35.2 Å². The van der Waals surface area contributed by atoms with Crippen molar-refractivity contribution in [1.82, 2.24) is 20.5 Å². The van der Waals surface area contributed by atoms with Gasteiger partial charge in [0.2, 0.25) is 0 Å². The van der Waals surface area contributed by atoms with Crippen LogP contribution in [0.4, 0.5) is 5.82 Å². The number of anilines is 1. The van der Waals surface area contributed by atoms with E-state index in [2.05, 4.69) is 31.5 Å². The molecule has 0 unspecified atom stereocenters. The van der Waals surface area contributed by atoms with E-state index in [9.17, 15) is 4.79 Å². The van der Waals surface area contributed by atoms with Crippen molar-refractivity contribution < 1.29 is 4.79 Å². The lowest BCUT2D eigenvalue weighted by atomic mass is 9.96. The van der Waals surface area contributed by atoms with Crippen molar-refractivity contribution in [2.75, 3.05) is 24.5 Å². The van der Waals surface area contributed by atoms with E-state index in [-0.39, 0.29) is 5.91 Å². The number of carbonyl (C=O) groups excluding carboxylic acids is 1. The van der Waals surface area contributed by atoms with Crippen LogP contribution in [-0.2, 0) is 0 Å². The first kappa shape index (κ1) is 16.8. The lowest BCUT2D eigenvalue weighted by molar-refractivity contribution is 0.0945. The summed E-state index contributed by atoms with van der Waals surface area (Å²) in [7, 11) is 0. The number of carbonyl (C=O) groups is 1. The Balaban J connectivity index is 1.29. The van der Waals surface area contributed by atoms with E-state index in [0.717, 1.165) is 55.1 Å². The van der Waals surface area contributed by atoms with Crippen LogP contribution in [0.3, 0.4) is 0 Å². The molecule has 1 amide bonds. The van der Waals surface area contributed by atoms with Crippen LogP contribution in [0.25, 0.3) is 11.3 Å². The standard InChI is InChI=1S/C19H21N5OS/c25-19(16-5-9-26-13-16)21-11-14-3-7-24(8-4-14)18-10-17(22-23-18)15-2-1-6-20-12-15/h1-2,5-6,9-10,12-14H,3-4,7-8,11H2,(H,21,25)(H,22,23). The second kappa shape index (κ2) is 7.70. The molecule has 2 N–H and O–H groups in total. The van der Waals surface area contributed by atoms with Gasteiger partial charge in [-0.25, -0.2) is 0 Å². The molecule has 0 atom stereocenters. The van der Waals surface area contributed by atoms with Crippen molar-refractivity contribution in [2.24, 2.45) is 5.92 Å². The van der Waals surface area contributed by atoms with Crippen molar-refractivity contribution in [3.63, 3.8) is 0 Å². The lowest BCUT2D eigenvalue weighted by Gasteiger charge is -2.32. The van der Waals surface area contributed by atoms with Crippen LogP contribution in [0.2, 0.25) is 0 Å². The third kappa shape index (κ3) is 3.77. The second-order valence-electron chi connectivity index (χ2n) is 6.53. The number of piperidine rings is 1. The summed E-state index contributed by atoms with van der Waals surface area (Å²) in [6.07, 6.45) is 5.71. The number of hydrogen-bond donors (Lipinski definition) is 2. The number of pyridine rings is 1. The van der Waals surface area contributed by atoms with Gasteiger partial charge in [-0.3, -0.25) is 14.9 Å².